The van der Waals surface area contributed by atoms with Crippen LogP contribution in [0.15, 0.2) is 57.4 Å². The maximum Gasteiger partial charge on any atom is 0.199 e. The number of nitrogens with two attached hydrogens (primary N) is 1. The van der Waals surface area contributed by atoms with Crippen molar-refractivity contribution in [3.05, 3.63) is 52.6 Å². The lowest BCUT2D eigenvalue weighted by atomic mass is 10.2. The summed E-state index contributed by atoms with van der Waals surface area (Å²) < 4.78 is 0.869. The molecule has 0 aliphatic rings. The van der Waals surface area contributed by atoms with E-state index in [2.05, 4.69) is 36.6 Å². The van der Waals surface area contributed by atoms with Gasteiger partial charge < -0.3 is 11.2 Å². The van der Waals surface area contributed by atoms with Crippen molar-refractivity contribution in [2.45, 2.75) is 6.54 Å². The van der Waals surface area contributed by atoms with Gasteiger partial charge in [-0.25, -0.2) is 4.98 Å². The molecule has 1 heterocycles. The minimum absolute atomic E-state index is 0.469. The molecule has 0 saturated heterocycles. The SMILES string of the molecule is NN=Nc1ncc(Br)cc1NCc1ccccc1. The molecule has 1 aromatic carbocycles. The quantitative estimate of drug-likeness (QED) is 0.516. The lowest BCUT2D eigenvalue weighted by Crippen LogP contribution is -2.00. The number of benzene rings is 1. The largest absolute Gasteiger partial charge is 0.378 e. The third-order valence-corrected chi connectivity index (χ3v) is 2.75. The number of rotatable bonds is 4. The fourth-order valence-electron chi connectivity index (χ4n) is 1.49. The second-order valence-electron chi connectivity index (χ2n) is 3.58. The van der Waals surface area contributed by atoms with Crippen molar-refractivity contribution in [3.63, 3.8) is 0 Å². The molecule has 0 aliphatic heterocycles. The van der Waals surface area contributed by atoms with E-state index in [1.54, 1.807) is 6.20 Å². The van der Waals surface area contributed by atoms with Crippen LogP contribution in [0.5, 0.6) is 0 Å². The van der Waals surface area contributed by atoms with Crippen LogP contribution in [0.25, 0.3) is 0 Å². The number of nitrogens with zero attached hydrogens (tertiary/aromatic N) is 3. The summed E-state index contributed by atoms with van der Waals surface area (Å²) in [6.07, 6.45) is 1.65. The van der Waals surface area contributed by atoms with Crippen molar-refractivity contribution in [2.24, 2.45) is 16.2 Å². The molecule has 0 radical (unpaired) electrons. The Morgan fingerprint density at radius 1 is 1.28 bits per heavy atom. The first-order valence-corrected chi connectivity index (χ1v) is 6.13. The lowest BCUT2D eigenvalue weighted by molar-refractivity contribution is 1.02. The van der Waals surface area contributed by atoms with Gasteiger partial charge in [0.25, 0.3) is 0 Å². The van der Waals surface area contributed by atoms with Crippen molar-refractivity contribution in [3.8, 4) is 0 Å². The van der Waals surface area contributed by atoms with Gasteiger partial charge in [0.2, 0.25) is 0 Å². The van der Waals surface area contributed by atoms with E-state index in [9.17, 15) is 0 Å². The Kier molecular flexibility index (Phi) is 4.25. The van der Waals surface area contributed by atoms with Gasteiger partial charge in [-0.3, -0.25) is 0 Å². The second kappa shape index (κ2) is 6.11. The predicted octanol–water partition coefficient (Wildman–Crippen LogP) is 3.41. The minimum atomic E-state index is 0.469. The highest BCUT2D eigenvalue weighted by Gasteiger charge is 2.04. The molecule has 5 nitrogen and oxygen atoms in total. The molecule has 0 saturated carbocycles. The summed E-state index contributed by atoms with van der Waals surface area (Å²) in [6, 6.07) is 12.0. The summed E-state index contributed by atoms with van der Waals surface area (Å²) in [7, 11) is 0. The minimum Gasteiger partial charge on any atom is -0.378 e. The Balaban J connectivity index is 2.15. The van der Waals surface area contributed by atoms with Gasteiger partial charge in [-0.2, -0.15) is 0 Å². The highest BCUT2D eigenvalue weighted by Crippen LogP contribution is 2.26. The standard InChI is InChI=1S/C12H12BrN5/c13-10-6-11(12(16-8-10)17-18-14)15-7-9-4-2-1-3-5-9/h1-6,8,15H,7H2,(H2,14,16,17). The summed E-state index contributed by atoms with van der Waals surface area (Å²) in [5.41, 5.74) is 1.95. The summed E-state index contributed by atoms with van der Waals surface area (Å²) in [4.78, 5) is 4.13. The van der Waals surface area contributed by atoms with Gasteiger partial charge >= 0.3 is 0 Å². The van der Waals surface area contributed by atoms with Crippen LogP contribution in [0.4, 0.5) is 11.5 Å². The van der Waals surface area contributed by atoms with Crippen LogP contribution in [0, 0.1) is 0 Å². The first-order chi connectivity index (χ1) is 8.79. The van der Waals surface area contributed by atoms with E-state index in [4.69, 9.17) is 5.84 Å². The fraction of sp³-hybridized carbons (Fsp3) is 0.0833. The maximum absolute atomic E-state index is 5.05. The topological polar surface area (TPSA) is 75.7 Å². The summed E-state index contributed by atoms with van der Waals surface area (Å²) in [5, 5.41) is 10.3. The molecule has 0 atom stereocenters. The zero-order chi connectivity index (χ0) is 12.8. The Morgan fingerprint density at radius 3 is 2.78 bits per heavy atom. The van der Waals surface area contributed by atoms with Gasteiger partial charge in [0.05, 0.1) is 5.69 Å². The number of halogens is 1. The number of hydrogen-bond acceptors (Lipinski definition) is 4. The summed E-state index contributed by atoms with van der Waals surface area (Å²) in [6.45, 7) is 0.687. The molecule has 0 amide bonds. The molecule has 0 unspecified atom stereocenters. The van der Waals surface area contributed by atoms with E-state index >= 15 is 0 Å². The van der Waals surface area contributed by atoms with Gasteiger partial charge in [0, 0.05) is 17.2 Å². The number of anilines is 1. The molecule has 1 aromatic heterocycles. The highest BCUT2D eigenvalue weighted by molar-refractivity contribution is 9.10. The molecular formula is C12H12BrN5. The zero-order valence-corrected chi connectivity index (χ0v) is 11.1. The molecular weight excluding hydrogens is 294 g/mol. The van der Waals surface area contributed by atoms with E-state index in [1.165, 1.54) is 5.56 Å². The van der Waals surface area contributed by atoms with E-state index in [0.29, 0.717) is 12.4 Å². The van der Waals surface area contributed by atoms with Crippen LogP contribution < -0.4 is 11.2 Å². The molecule has 2 rings (SSSR count). The third kappa shape index (κ3) is 3.27. The number of nitrogens with one attached hydrogen (secondary N) is 1. The molecule has 92 valence electrons. The van der Waals surface area contributed by atoms with Gasteiger partial charge in [-0.05, 0) is 27.6 Å². The van der Waals surface area contributed by atoms with E-state index < -0.39 is 0 Å². The van der Waals surface area contributed by atoms with Crippen LogP contribution in [0.1, 0.15) is 5.56 Å². The van der Waals surface area contributed by atoms with Crippen LogP contribution in [0.2, 0.25) is 0 Å². The molecule has 0 aliphatic carbocycles. The summed E-state index contributed by atoms with van der Waals surface area (Å²) in [5.74, 6) is 5.52. The number of aromatic nitrogens is 1. The van der Waals surface area contributed by atoms with Crippen molar-refractivity contribution in [2.75, 3.05) is 5.32 Å². The third-order valence-electron chi connectivity index (χ3n) is 2.31. The van der Waals surface area contributed by atoms with Crippen molar-refractivity contribution >= 4 is 27.4 Å². The average molecular weight is 306 g/mol. The summed E-state index contributed by atoms with van der Waals surface area (Å²) >= 11 is 3.37. The Labute approximate surface area is 113 Å². The molecule has 0 spiro atoms. The van der Waals surface area contributed by atoms with E-state index in [0.717, 1.165) is 10.2 Å². The van der Waals surface area contributed by atoms with Crippen LogP contribution >= 0.6 is 15.9 Å². The fourth-order valence-corrected chi connectivity index (χ4v) is 1.82. The Morgan fingerprint density at radius 2 is 2.06 bits per heavy atom. The van der Waals surface area contributed by atoms with Crippen molar-refractivity contribution in [1.29, 1.82) is 0 Å². The maximum atomic E-state index is 5.05. The average Bonchev–Trinajstić information content (AvgIpc) is 2.40. The normalized spacial score (nSPS) is 10.7. The molecule has 0 bridgehead atoms. The van der Waals surface area contributed by atoms with Crippen molar-refractivity contribution < 1.29 is 0 Å². The Bertz CT molecular complexity index is 541. The van der Waals surface area contributed by atoms with Crippen LogP contribution in [0.3, 0.4) is 0 Å². The Hall–Kier alpha value is -1.95. The van der Waals surface area contributed by atoms with E-state index in [1.807, 2.05) is 36.4 Å². The number of pyridine rings is 1. The lowest BCUT2D eigenvalue weighted by Gasteiger charge is -2.08. The first-order valence-electron chi connectivity index (χ1n) is 5.34. The molecule has 3 N–H and O–H groups in total. The highest BCUT2D eigenvalue weighted by atomic mass is 79.9. The smallest absolute Gasteiger partial charge is 0.199 e. The zero-order valence-electron chi connectivity index (χ0n) is 9.55. The predicted molar refractivity (Wildman–Crippen MR) is 74.4 cm³/mol. The van der Waals surface area contributed by atoms with Crippen LogP contribution in [-0.4, -0.2) is 4.98 Å². The van der Waals surface area contributed by atoms with Crippen LogP contribution in [-0.2, 0) is 6.54 Å². The molecule has 6 heteroatoms. The van der Waals surface area contributed by atoms with Gasteiger partial charge in [-0.1, -0.05) is 35.6 Å². The molecule has 0 fully saturated rings. The van der Waals surface area contributed by atoms with Gasteiger partial charge in [0.1, 0.15) is 0 Å². The first kappa shape index (κ1) is 12.5. The molecule has 18 heavy (non-hydrogen) atoms. The van der Waals surface area contributed by atoms with Gasteiger partial charge in [-0.15, -0.1) is 5.11 Å². The molecule has 2 aromatic rings. The second-order valence-corrected chi connectivity index (χ2v) is 4.50. The monoisotopic (exact) mass is 305 g/mol. The van der Waals surface area contributed by atoms with E-state index in [-0.39, 0.29) is 0 Å². The number of hydrogen-bond donors (Lipinski definition) is 2. The van der Waals surface area contributed by atoms with Crippen molar-refractivity contribution in [1.82, 2.24) is 4.98 Å². The van der Waals surface area contributed by atoms with Gasteiger partial charge in [0.15, 0.2) is 5.82 Å².